The molecule has 1 aliphatic carbocycles. The lowest BCUT2D eigenvalue weighted by Gasteiger charge is -2.27. The average Bonchev–Trinajstić information content (AvgIpc) is 3.47. The molecule has 1 fully saturated rings. The second-order valence-corrected chi connectivity index (χ2v) is 8.52. The summed E-state index contributed by atoms with van der Waals surface area (Å²) in [7, 11) is 0. The van der Waals surface area contributed by atoms with Crippen molar-refractivity contribution in [3.63, 3.8) is 0 Å². The number of nitrogens with zero attached hydrogens (tertiary/aromatic N) is 4. The summed E-state index contributed by atoms with van der Waals surface area (Å²) < 4.78 is 20.6. The maximum absolute atomic E-state index is 14.1. The molecule has 1 amide bonds. The van der Waals surface area contributed by atoms with Gasteiger partial charge in [-0.1, -0.05) is 22.9 Å². The number of carboxylic acid groups (broad SMARTS) is 1. The van der Waals surface area contributed by atoms with E-state index in [1.807, 2.05) is 0 Å². The van der Waals surface area contributed by atoms with E-state index in [1.165, 1.54) is 10.7 Å². The number of carboxylic acids is 1. The topological polar surface area (TPSA) is 123 Å². The van der Waals surface area contributed by atoms with Crippen molar-refractivity contribution in [2.45, 2.75) is 44.4 Å². The van der Waals surface area contributed by atoms with Gasteiger partial charge in [0.05, 0.1) is 16.9 Å². The molecule has 4 rings (SSSR count). The number of rotatable bonds is 8. The molecular formula is C22H23ClFN5O4. The van der Waals surface area contributed by atoms with Crippen molar-refractivity contribution in [3.05, 3.63) is 58.8 Å². The van der Waals surface area contributed by atoms with E-state index in [0.717, 1.165) is 37.8 Å². The van der Waals surface area contributed by atoms with E-state index < -0.39 is 11.8 Å². The largest absolute Gasteiger partial charge is 0.476 e. The first-order chi connectivity index (χ1) is 15.9. The Morgan fingerprint density at radius 2 is 2.06 bits per heavy atom. The molecule has 0 spiro atoms. The van der Waals surface area contributed by atoms with Gasteiger partial charge in [-0.3, -0.25) is 4.79 Å². The van der Waals surface area contributed by atoms with Crippen molar-refractivity contribution in [2.75, 3.05) is 6.54 Å². The van der Waals surface area contributed by atoms with E-state index >= 15 is 0 Å². The molecule has 1 saturated carbocycles. The third kappa shape index (κ3) is 5.39. The van der Waals surface area contributed by atoms with Crippen molar-refractivity contribution in [2.24, 2.45) is 5.92 Å². The number of hydrogen-bond donors (Lipinski definition) is 2. The number of oxazole rings is 1. The fourth-order valence-corrected chi connectivity index (χ4v) is 4.39. The minimum absolute atomic E-state index is 0.131. The molecule has 1 aromatic carbocycles. The molecule has 0 aliphatic heterocycles. The van der Waals surface area contributed by atoms with Crippen LogP contribution in [0, 0.1) is 11.7 Å². The molecule has 174 valence electrons. The highest BCUT2D eigenvalue weighted by molar-refractivity contribution is 6.32. The Labute approximate surface area is 193 Å². The number of amides is 1. The van der Waals surface area contributed by atoms with Gasteiger partial charge in [0.25, 0.3) is 0 Å². The smallest absolute Gasteiger partial charge is 0.358 e. The molecule has 0 bridgehead atoms. The summed E-state index contributed by atoms with van der Waals surface area (Å²) in [6, 6.07) is 4.48. The third-order valence-corrected chi connectivity index (χ3v) is 6.26. The van der Waals surface area contributed by atoms with Crippen molar-refractivity contribution in [1.82, 2.24) is 25.3 Å². The van der Waals surface area contributed by atoms with Gasteiger partial charge in [-0.05, 0) is 43.7 Å². The van der Waals surface area contributed by atoms with Crippen LogP contribution in [0.2, 0.25) is 5.02 Å². The van der Waals surface area contributed by atoms with Crippen LogP contribution in [0.4, 0.5) is 4.39 Å². The van der Waals surface area contributed by atoms with Crippen LogP contribution in [-0.4, -0.2) is 43.5 Å². The minimum atomic E-state index is -1.17. The summed E-state index contributed by atoms with van der Waals surface area (Å²) in [5.41, 5.74) is 0.837. The number of nitrogens with one attached hydrogen (secondary N) is 1. The lowest BCUT2D eigenvalue weighted by Crippen LogP contribution is -2.31. The molecule has 2 aromatic heterocycles. The fourth-order valence-electron chi connectivity index (χ4n) is 4.14. The maximum atomic E-state index is 14.1. The lowest BCUT2D eigenvalue weighted by molar-refractivity contribution is -0.121. The molecule has 0 atom stereocenters. The minimum Gasteiger partial charge on any atom is -0.476 e. The number of hydrogen-bond acceptors (Lipinski definition) is 6. The highest BCUT2D eigenvalue weighted by Crippen LogP contribution is 2.35. The van der Waals surface area contributed by atoms with Crippen LogP contribution < -0.4 is 5.32 Å². The summed E-state index contributed by atoms with van der Waals surface area (Å²) in [5.74, 6) is -1.02. The van der Waals surface area contributed by atoms with Gasteiger partial charge in [-0.25, -0.2) is 18.9 Å². The van der Waals surface area contributed by atoms with Gasteiger partial charge in [-0.2, -0.15) is 0 Å². The zero-order chi connectivity index (χ0) is 23.4. The summed E-state index contributed by atoms with van der Waals surface area (Å²) in [6.45, 7) is 0.561. The van der Waals surface area contributed by atoms with Crippen LogP contribution in [-0.2, 0) is 11.2 Å². The number of benzene rings is 1. The molecule has 9 nitrogen and oxygen atoms in total. The summed E-state index contributed by atoms with van der Waals surface area (Å²) in [4.78, 5) is 26.8. The van der Waals surface area contributed by atoms with Crippen molar-refractivity contribution in [3.8, 4) is 5.69 Å². The Kier molecular flexibility index (Phi) is 7.02. The van der Waals surface area contributed by atoms with Gasteiger partial charge in [-0.15, -0.1) is 5.10 Å². The van der Waals surface area contributed by atoms with Crippen molar-refractivity contribution in [1.29, 1.82) is 0 Å². The predicted octanol–water partition coefficient (Wildman–Crippen LogP) is 3.77. The number of halogens is 2. The van der Waals surface area contributed by atoms with Gasteiger partial charge >= 0.3 is 5.97 Å². The van der Waals surface area contributed by atoms with Gasteiger partial charge in [0.1, 0.15) is 17.3 Å². The summed E-state index contributed by atoms with van der Waals surface area (Å²) >= 11 is 6.11. The number of para-hydroxylation sites is 1. The number of aromatic nitrogens is 4. The van der Waals surface area contributed by atoms with Crippen LogP contribution in [0.25, 0.3) is 5.69 Å². The molecule has 11 heteroatoms. The number of aryl methyl sites for hydroxylation is 1. The number of carbonyl (C=O) groups excluding carboxylic acids is 1. The predicted molar refractivity (Wildman–Crippen MR) is 116 cm³/mol. The third-order valence-electron chi connectivity index (χ3n) is 5.95. The van der Waals surface area contributed by atoms with Gasteiger partial charge < -0.3 is 14.8 Å². The fraction of sp³-hybridized carbons (Fsp3) is 0.409. The molecular weight excluding hydrogens is 453 g/mol. The summed E-state index contributed by atoms with van der Waals surface area (Å²) in [6.07, 6.45) is 6.74. The second kappa shape index (κ2) is 10.1. The molecule has 2 heterocycles. The zero-order valence-corrected chi connectivity index (χ0v) is 18.5. The first kappa shape index (κ1) is 22.9. The van der Waals surface area contributed by atoms with E-state index in [0.29, 0.717) is 12.5 Å². The van der Waals surface area contributed by atoms with E-state index in [-0.39, 0.29) is 46.8 Å². The van der Waals surface area contributed by atoms with E-state index in [4.69, 9.17) is 21.1 Å². The number of carbonyl (C=O) groups is 2. The normalized spacial score (nSPS) is 18.2. The standard InChI is InChI=1S/C22H23ClFN5O4/c23-15-2-1-3-16(24)21(15)29-11-17(27-28-29)14-6-4-13(5-7-14)10-25-19(30)9-8-18-20(22(31)32)26-12-33-18/h1-3,11-14H,4-10H2,(H,25,30)(H,31,32). The molecule has 0 unspecified atom stereocenters. The van der Waals surface area contributed by atoms with Crippen LogP contribution in [0.1, 0.15) is 60.0 Å². The Morgan fingerprint density at radius 3 is 2.79 bits per heavy atom. The average molecular weight is 476 g/mol. The second-order valence-electron chi connectivity index (χ2n) is 8.11. The molecule has 33 heavy (non-hydrogen) atoms. The van der Waals surface area contributed by atoms with E-state index in [1.54, 1.807) is 18.3 Å². The van der Waals surface area contributed by atoms with Crippen molar-refractivity contribution >= 4 is 23.5 Å². The zero-order valence-electron chi connectivity index (χ0n) is 17.7. The Balaban J connectivity index is 1.23. The van der Waals surface area contributed by atoms with Gasteiger partial charge in [0.15, 0.2) is 12.1 Å². The molecule has 2 N–H and O–H groups in total. The molecule has 0 saturated heterocycles. The summed E-state index contributed by atoms with van der Waals surface area (Å²) in [5, 5.41) is 20.5. The Bertz CT molecular complexity index is 1120. The quantitative estimate of drug-likeness (QED) is 0.508. The number of aromatic carboxylic acids is 1. The van der Waals surface area contributed by atoms with Gasteiger partial charge in [0, 0.05) is 25.3 Å². The first-order valence-corrected chi connectivity index (χ1v) is 11.1. The maximum Gasteiger partial charge on any atom is 0.358 e. The van der Waals surface area contributed by atoms with Crippen LogP contribution in [0.15, 0.2) is 35.2 Å². The molecule has 1 aliphatic rings. The highest BCUT2D eigenvalue weighted by Gasteiger charge is 2.25. The van der Waals surface area contributed by atoms with Crippen LogP contribution in [0.3, 0.4) is 0 Å². The van der Waals surface area contributed by atoms with Crippen molar-refractivity contribution < 1.29 is 23.5 Å². The molecule has 0 radical (unpaired) electrons. The van der Waals surface area contributed by atoms with Crippen LogP contribution >= 0.6 is 11.6 Å². The van der Waals surface area contributed by atoms with E-state index in [2.05, 4.69) is 20.6 Å². The lowest BCUT2D eigenvalue weighted by atomic mass is 9.80. The molecule has 3 aromatic rings. The monoisotopic (exact) mass is 475 g/mol. The highest BCUT2D eigenvalue weighted by atomic mass is 35.5. The van der Waals surface area contributed by atoms with Crippen LogP contribution in [0.5, 0.6) is 0 Å². The Morgan fingerprint density at radius 1 is 1.27 bits per heavy atom. The first-order valence-electron chi connectivity index (χ1n) is 10.7. The van der Waals surface area contributed by atoms with E-state index in [9.17, 15) is 14.0 Å². The SMILES string of the molecule is O=C(CCc1ocnc1C(=O)O)NCC1CCC(c2cn(-c3c(F)cccc3Cl)nn2)CC1. The van der Waals surface area contributed by atoms with Gasteiger partial charge in [0.2, 0.25) is 5.91 Å². The Hall–Kier alpha value is -3.27.